The van der Waals surface area contributed by atoms with Crippen LogP contribution in [0.25, 0.3) is 0 Å². The molecular formula is C27H35N5O6. The largest absolute Gasteiger partial charge is 0.480 e. The minimum atomic E-state index is -1.38. The molecule has 11 nitrogen and oxygen atoms in total. The average molecular weight is 526 g/mol. The summed E-state index contributed by atoms with van der Waals surface area (Å²) in [6, 6.07) is 12.8. The molecule has 4 unspecified atom stereocenters. The zero-order valence-corrected chi connectivity index (χ0v) is 21.4. The summed E-state index contributed by atoms with van der Waals surface area (Å²) in [5, 5.41) is 17.2. The summed E-state index contributed by atoms with van der Waals surface area (Å²) in [7, 11) is 0. The van der Waals surface area contributed by atoms with Crippen LogP contribution in [0.2, 0.25) is 0 Å². The Bertz CT molecular complexity index is 1110. The van der Waals surface area contributed by atoms with E-state index in [9.17, 15) is 29.1 Å². The van der Waals surface area contributed by atoms with Crippen LogP contribution in [-0.4, -0.2) is 58.9 Å². The number of hydrogen-bond donors (Lipinski definition) is 6. The lowest BCUT2D eigenvalue weighted by Crippen LogP contribution is -2.58. The third-order valence-electron chi connectivity index (χ3n) is 5.87. The van der Waals surface area contributed by atoms with Gasteiger partial charge in [-0.15, -0.1) is 0 Å². The first-order chi connectivity index (χ1) is 18.0. The molecule has 4 atom stereocenters. The Morgan fingerprint density at radius 1 is 0.711 bits per heavy atom. The minimum Gasteiger partial charge on any atom is -0.480 e. The minimum absolute atomic E-state index is 0.0266. The van der Waals surface area contributed by atoms with Crippen LogP contribution >= 0.6 is 0 Å². The van der Waals surface area contributed by atoms with Crippen LogP contribution in [-0.2, 0) is 36.8 Å². The van der Waals surface area contributed by atoms with Gasteiger partial charge in [0.2, 0.25) is 23.6 Å². The number of nitrogens with one attached hydrogen (secondary N) is 3. The van der Waals surface area contributed by atoms with Crippen LogP contribution in [0.15, 0.2) is 60.7 Å². The molecule has 2 aromatic carbocycles. The van der Waals surface area contributed by atoms with Gasteiger partial charge in [0, 0.05) is 12.8 Å². The molecule has 0 aliphatic heterocycles. The molecule has 0 heterocycles. The van der Waals surface area contributed by atoms with Crippen molar-refractivity contribution in [3.05, 3.63) is 71.8 Å². The summed E-state index contributed by atoms with van der Waals surface area (Å²) in [4.78, 5) is 62.4. The summed E-state index contributed by atoms with van der Waals surface area (Å²) >= 11 is 0. The maximum absolute atomic E-state index is 13.3. The molecule has 0 fully saturated rings. The molecule has 0 spiro atoms. The van der Waals surface area contributed by atoms with Gasteiger partial charge in [-0.25, -0.2) is 4.79 Å². The van der Waals surface area contributed by atoms with Gasteiger partial charge in [-0.05, 0) is 17.0 Å². The lowest BCUT2D eigenvalue weighted by Gasteiger charge is -2.25. The number of carboxylic acids is 1. The molecule has 0 saturated heterocycles. The van der Waals surface area contributed by atoms with E-state index in [1.807, 2.05) is 0 Å². The lowest BCUT2D eigenvalue weighted by atomic mass is 10.0. The Morgan fingerprint density at radius 2 is 1.13 bits per heavy atom. The molecule has 2 rings (SSSR count). The fraction of sp³-hybridized carbons (Fsp3) is 0.370. The number of carbonyl (C=O) groups is 5. The van der Waals surface area contributed by atoms with Crippen molar-refractivity contribution >= 4 is 29.6 Å². The van der Waals surface area contributed by atoms with Crippen molar-refractivity contribution in [3.63, 3.8) is 0 Å². The molecule has 0 bridgehead atoms. The number of nitrogens with two attached hydrogens (primary N) is 2. The highest BCUT2D eigenvalue weighted by molar-refractivity contribution is 5.96. The van der Waals surface area contributed by atoms with Crippen molar-refractivity contribution in [1.82, 2.24) is 16.0 Å². The molecule has 0 aliphatic rings. The second-order valence-electron chi connectivity index (χ2n) is 9.34. The van der Waals surface area contributed by atoms with E-state index in [1.165, 1.54) is 0 Å². The van der Waals surface area contributed by atoms with Crippen molar-refractivity contribution in [2.45, 2.75) is 57.3 Å². The maximum Gasteiger partial charge on any atom is 0.326 e. The third kappa shape index (κ3) is 9.66. The van der Waals surface area contributed by atoms with Crippen molar-refractivity contribution in [3.8, 4) is 0 Å². The topological polar surface area (TPSA) is 194 Å². The Balaban J connectivity index is 2.26. The molecule has 0 radical (unpaired) electrons. The second-order valence-corrected chi connectivity index (χ2v) is 9.34. The Hall–Kier alpha value is -4.25. The highest BCUT2D eigenvalue weighted by Crippen LogP contribution is 2.08. The first kappa shape index (κ1) is 30.0. The zero-order chi connectivity index (χ0) is 28.2. The average Bonchev–Trinajstić information content (AvgIpc) is 2.87. The van der Waals surface area contributed by atoms with Crippen LogP contribution in [0.5, 0.6) is 0 Å². The predicted molar refractivity (Wildman–Crippen MR) is 140 cm³/mol. The number of aliphatic carboxylic acids is 1. The standard InChI is InChI=1S/C27H35N5O6/c1-16(2)23(29)26(36)31-20(15-22(28)33)25(35)30-19(13-17-9-5-3-6-10-17)24(34)32-21(27(37)38)14-18-11-7-4-8-12-18/h3-12,16,19-21,23H,13-15,29H2,1-2H3,(H2,28,33)(H,30,35)(H,31,36)(H,32,34)(H,37,38). The fourth-order valence-corrected chi connectivity index (χ4v) is 3.63. The lowest BCUT2D eigenvalue weighted by molar-refractivity contribution is -0.142. The van der Waals surface area contributed by atoms with Gasteiger partial charge in [-0.1, -0.05) is 74.5 Å². The summed E-state index contributed by atoms with van der Waals surface area (Å²) in [5.41, 5.74) is 12.5. The van der Waals surface area contributed by atoms with Gasteiger partial charge in [0.25, 0.3) is 0 Å². The van der Waals surface area contributed by atoms with Crippen molar-refractivity contribution in [2.75, 3.05) is 0 Å². The van der Waals surface area contributed by atoms with Gasteiger partial charge in [0.05, 0.1) is 12.5 Å². The van der Waals surface area contributed by atoms with Crippen molar-refractivity contribution in [2.24, 2.45) is 17.4 Å². The number of carbonyl (C=O) groups excluding carboxylic acids is 4. The molecule has 8 N–H and O–H groups in total. The van der Waals surface area contributed by atoms with Crippen LogP contribution in [0, 0.1) is 5.92 Å². The molecule has 38 heavy (non-hydrogen) atoms. The van der Waals surface area contributed by atoms with E-state index in [0.29, 0.717) is 11.1 Å². The second kappa shape index (κ2) is 14.5. The van der Waals surface area contributed by atoms with E-state index < -0.39 is 60.2 Å². The molecule has 2 aromatic rings. The van der Waals surface area contributed by atoms with Gasteiger partial charge < -0.3 is 32.5 Å². The summed E-state index contributed by atoms with van der Waals surface area (Å²) in [6.07, 6.45) is -0.464. The monoisotopic (exact) mass is 525 g/mol. The van der Waals surface area contributed by atoms with E-state index in [1.54, 1.807) is 74.5 Å². The quantitative estimate of drug-likeness (QED) is 0.198. The number of primary amides is 1. The fourth-order valence-electron chi connectivity index (χ4n) is 3.63. The van der Waals surface area contributed by atoms with E-state index in [0.717, 1.165) is 0 Å². The smallest absolute Gasteiger partial charge is 0.326 e. The van der Waals surface area contributed by atoms with Gasteiger partial charge in [-0.3, -0.25) is 19.2 Å². The Kier molecular flexibility index (Phi) is 11.4. The summed E-state index contributed by atoms with van der Waals surface area (Å²) in [5.74, 6) is -4.55. The Morgan fingerprint density at radius 3 is 1.58 bits per heavy atom. The number of amides is 4. The van der Waals surface area contributed by atoms with Gasteiger partial charge >= 0.3 is 5.97 Å². The zero-order valence-electron chi connectivity index (χ0n) is 21.4. The van der Waals surface area contributed by atoms with Crippen LogP contribution in [0.4, 0.5) is 0 Å². The maximum atomic E-state index is 13.3. The van der Waals surface area contributed by atoms with Crippen LogP contribution in [0.1, 0.15) is 31.4 Å². The molecule has 11 heteroatoms. The SMILES string of the molecule is CC(C)C(N)C(=O)NC(CC(N)=O)C(=O)NC(Cc1ccccc1)C(=O)NC(Cc1ccccc1)C(=O)O. The first-order valence-electron chi connectivity index (χ1n) is 12.2. The van der Waals surface area contributed by atoms with E-state index in [2.05, 4.69) is 16.0 Å². The van der Waals surface area contributed by atoms with E-state index in [-0.39, 0.29) is 18.8 Å². The number of rotatable bonds is 14. The van der Waals surface area contributed by atoms with Crippen LogP contribution < -0.4 is 27.4 Å². The molecule has 204 valence electrons. The Labute approximate surface area is 221 Å². The summed E-state index contributed by atoms with van der Waals surface area (Å²) < 4.78 is 0. The number of carboxylic acid groups (broad SMARTS) is 1. The molecule has 0 aliphatic carbocycles. The molecule has 4 amide bonds. The van der Waals surface area contributed by atoms with E-state index in [4.69, 9.17) is 11.5 Å². The van der Waals surface area contributed by atoms with Gasteiger partial charge in [0.15, 0.2) is 0 Å². The first-order valence-corrected chi connectivity index (χ1v) is 12.2. The van der Waals surface area contributed by atoms with E-state index >= 15 is 0 Å². The number of benzene rings is 2. The normalized spacial score (nSPS) is 14.0. The van der Waals surface area contributed by atoms with Gasteiger partial charge in [-0.2, -0.15) is 0 Å². The number of hydrogen-bond acceptors (Lipinski definition) is 6. The van der Waals surface area contributed by atoms with Crippen molar-refractivity contribution in [1.29, 1.82) is 0 Å². The highest BCUT2D eigenvalue weighted by atomic mass is 16.4. The summed E-state index contributed by atoms with van der Waals surface area (Å²) in [6.45, 7) is 3.45. The molecule has 0 aromatic heterocycles. The molecular weight excluding hydrogens is 490 g/mol. The van der Waals surface area contributed by atoms with Crippen molar-refractivity contribution < 1.29 is 29.1 Å². The van der Waals surface area contributed by atoms with Crippen LogP contribution in [0.3, 0.4) is 0 Å². The third-order valence-corrected chi connectivity index (χ3v) is 5.87. The van der Waals surface area contributed by atoms with Gasteiger partial charge in [0.1, 0.15) is 18.1 Å². The predicted octanol–water partition coefficient (Wildman–Crippen LogP) is -0.130. The highest BCUT2D eigenvalue weighted by Gasteiger charge is 2.31. The molecule has 0 saturated carbocycles.